The third-order valence-corrected chi connectivity index (χ3v) is 2.45. The summed E-state index contributed by atoms with van der Waals surface area (Å²) in [5.41, 5.74) is 1.74. The lowest BCUT2D eigenvalue weighted by Crippen LogP contribution is -1.93. The number of hydrogen-bond donors (Lipinski definition) is 0. The molecular weight excluding hydrogens is 224 g/mol. The molecule has 0 aliphatic carbocycles. The van der Waals surface area contributed by atoms with E-state index in [9.17, 15) is 0 Å². The Morgan fingerprint density at radius 3 is 2.94 bits per heavy atom. The summed E-state index contributed by atoms with van der Waals surface area (Å²) < 4.78 is 5.15. The zero-order chi connectivity index (χ0) is 11.4. The van der Waals surface area contributed by atoms with Crippen LogP contribution in [0.25, 0.3) is 11.4 Å². The number of nitrogens with zero attached hydrogens (tertiary/aromatic N) is 2. The van der Waals surface area contributed by atoms with Gasteiger partial charge in [-0.25, -0.2) is 9.97 Å². The monoisotopic (exact) mass is 234 g/mol. The van der Waals surface area contributed by atoms with Gasteiger partial charge in [0.1, 0.15) is 5.75 Å². The van der Waals surface area contributed by atoms with E-state index in [-0.39, 0.29) is 0 Å². The van der Waals surface area contributed by atoms with Crippen molar-refractivity contribution in [1.82, 2.24) is 9.97 Å². The molecule has 0 unspecified atom stereocenters. The fourth-order valence-corrected chi connectivity index (χ4v) is 1.52. The molecule has 0 radical (unpaired) electrons. The second kappa shape index (κ2) is 4.94. The SMILES string of the molecule is COc1cccc(-c2nccc(CCl)n2)c1. The molecule has 1 aromatic heterocycles. The summed E-state index contributed by atoms with van der Waals surface area (Å²) in [5.74, 6) is 1.84. The van der Waals surface area contributed by atoms with Crippen LogP contribution in [0, 0.1) is 0 Å². The highest BCUT2D eigenvalue weighted by molar-refractivity contribution is 6.16. The van der Waals surface area contributed by atoms with Gasteiger partial charge in [0.2, 0.25) is 0 Å². The molecule has 2 aromatic rings. The van der Waals surface area contributed by atoms with Crippen LogP contribution in [0.3, 0.4) is 0 Å². The van der Waals surface area contributed by atoms with Crippen LogP contribution in [0.2, 0.25) is 0 Å². The fourth-order valence-electron chi connectivity index (χ4n) is 1.37. The Balaban J connectivity index is 2.41. The van der Waals surface area contributed by atoms with Gasteiger partial charge < -0.3 is 4.74 Å². The fraction of sp³-hybridized carbons (Fsp3) is 0.167. The molecule has 0 fully saturated rings. The minimum atomic E-state index is 0.388. The highest BCUT2D eigenvalue weighted by Gasteiger charge is 2.03. The summed E-state index contributed by atoms with van der Waals surface area (Å²) in [4.78, 5) is 8.55. The molecule has 0 atom stereocenters. The Hall–Kier alpha value is -1.61. The molecule has 0 amide bonds. The third kappa shape index (κ3) is 2.31. The first kappa shape index (κ1) is 10.9. The molecule has 0 bridgehead atoms. The molecule has 16 heavy (non-hydrogen) atoms. The van der Waals surface area contributed by atoms with Gasteiger partial charge in [-0.3, -0.25) is 0 Å². The van der Waals surface area contributed by atoms with Gasteiger partial charge in [0.05, 0.1) is 18.7 Å². The van der Waals surface area contributed by atoms with Crippen LogP contribution in [0.4, 0.5) is 0 Å². The molecule has 3 nitrogen and oxygen atoms in total. The second-order valence-corrected chi connectivity index (χ2v) is 3.50. The second-order valence-electron chi connectivity index (χ2n) is 3.24. The van der Waals surface area contributed by atoms with Gasteiger partial charge in [-0.15, -0.1) is 11.6 Å². The van der Waals surface area contributed by atoms with E-state index < -0.39 is 0 Å². The van der Waals surface area contributed by atoms with Crippen molar-refractivity contribution >= 4 is 11.6 Å². The molecule has 1 aromatic carbocycles. The van der Waals surface area contributed by atoms with Crippen molar-refractivity contribution in [1.29, 1.82) is 0 Å². The van der Waals surface area contributed by atoms with Crippen molar-refractivity contribution in [2.45, 2.75) is 5.88 Å². The summed E-state index contributed by atoms with van der Waals surface area (Å²) in [5, 5.41) is 0. The number of halogens is 1. The normalized spacial score (nSPS) is 10.1. The van der Waals surface area contributed by atoms with Crippen molar-refractivity contribution in [3.05, 3.63) is 42.2 Å². The molecule has 2 rings (SSSR count). The predicted octanol–water partition coefficient (Wildman–Crippen LogP) is 2.89. The van der Waals surface area contributed by atoms with E-state index >= 15 is 0 Å². The number of hydrogen-bond acceptors (Lipinski definition) is 3. The van der Waals surface area contributed by atoms with Crippen LogP contribution in [0.5, 0.6) is 5.75 Å². The highest BCUT2D eigenvalue weighted by Crippen LogP contribution is 2.20. The van der Waals surface area contributed by atoms with E-state index in [2.05, 4.69) is 9.97 Å². The number of aromatic nitrogens is 2. The van der Waals surface area contributed by atoms with Gasteiger partial charge in [0.25, 0.3) is 0 Å². The molecule has 0 spiro atoms. The van der Waals surface area contributed by atoms with Crippen molar-refractivity contribution in [3.63, 3.8) is 0 Å². The van der Waals surface area contributed by atoms with E-state index in [0.717, 1.165) is 17.0 Å². The molecular formula is C12H11ClN2O. The van der Waals surface area contributed by atoms with Crippen molar-refractivity contribution in [2.24, 2.45) is 0 Å². The first-order chi connectivity index (χ1) is 7.83. The minimum Gasteiger partial charge on any atom is -0.497 e. The Morgan fingerprint density at radius 1 is 1.31 bits per heavy atom. The molecule has 0 saturated heterocycles. The Bertz CT molecular complexity index is 442. The molecule has 0 aliphatic rings. The molecule has 4 heteroatoms. The lowest BCUT2D eigenvalue weighted by molar-refractivity contribution is 0.415. The quantitative estimate of drug-likeness (QED) is 0.766. The van der Waals surface area contributed by atoms with Crippen LogP contribution in [-0.2, 0) is 5.88 Å². The largest absolute Gasteiger partial charge is 0.497 e. The number of rotatable bonds is 3. The van der Waals surface area contributed by atoms with Crippen LogP contribution >= 0.6 is 11.6 Å². The van der Waals surface area contributed by atoms with Gasteiger partial charge in [-0.2, -0.15) is 0 Å². The predicted molar refractivity (Wildman–Crippen MR) is 63.6 cm³/mol. The molecule has 0 N–H and O–H groups in total. The maximum atomic E-state index is 5.73. The van der Waals surface area contributed by atoms with E-state index in [1.807, 2.05) is 24.3 Å². The lowest BCUT2D eigenvalue weighted by atomic mass is 10.2. The molecule has 0 saturated carbocycles. The van der Waals surface area contributed by atoms with Crippen LogP contribution in [0.15, 0.2) is 36.5 Å². The Morgan fingerprint density at radius 2 is 2.19 bits per heavy atom. The zero-order valence-electron chi connectivity index (χ0n) is 8.85. The first-order valence-electron chi connectivity index (χ1n) is 4.86. The lowest BCUT2D eigenvalue weighted by Gasteiger charge is -2.04. The first-order valence-corrected chi connectivity index (χ1v) is 5.39. The number of methoxy groups -OCH3 is 1. The summed E-state index contributed by atoms with van der Waals surface area (Å²) in [6.45, 7) is 0. The number of alkyl halides is 1. The van der Waals surface area contributed by atoms with Crippen LogP contribution in [0.1, 0.15) is 5.69 Å². The van der Waals surface area contributed by atoms with Gasteiger partial charge in [-0.1, -0.05) is 12.1 Å². The Kier molecular flexibility index (Phi) is 3.37. The van der Waals surface area contributed by atoms with Gasteiger partial charge in [-0.05, 0) is 18.2 Å². The van der Waals surface area contributed by atoms with Gasteiger partial charge in [0.15, 0.2) is 5.82 Å². The van der Waals surface area contributed by atoms with E-state index in [0.29, 0.717) is 11.7 Å². The number of ether oxygens (including phenoxy) is 1. The topological polar surface area (TPSA) is 35.0 Å². The van der Waals surface area contributed by atoms with Crippen molar-refractivity contribution in [3.8, 4) is 17.1 Å². The molecule has 82 valence electrons. The summed E-state index contributed by atoms with van der Waals surface area (Å²) in [6.07, 6.45) is 1.71. The molecule has 1 heterocycles. The molecule has 0 aliphatic heterocycles. The van der Waals surface area contributed by atoms with Crippen molar-refractivity contribution in [2.75, 3.05) is 7.11 Å². The van der Waals surface area contributed by atoms with Crippen molar-refractivity contribution < 1.29 is 4.74 Å². The summed E-state index contributed by atoms with van der Waals surface area (Å²) >= 11 is 5.73. The van der Waals surface area contributed by atoms with Crippen LogP contribution in [-0.4, -0.2) is 17.1 Å². The van der Waals surface area contributed by atoms with Crippen LogP contribution < -0.4 is 4.74 Å². The average Bonchev–Trinajstić information content (AvgIpc) is 2.39. The number of benzene rings is 1. The summed E-state index contributed by atoms with van der Waals surface area (Å²) in [6, 6.07) is 9.43. The standard InChI is InChI=1S/C12H11ClN2O/c1-16-11-4-2-3-9(7-11)12-14-6-5-10(8-13)15-12/h2-7H,8H2,1H3. The van der Waals surface area contributed by atoms with E-state index in [1.54, 1.807) is 19.4 Å². The minimum absolute atomic E-state index is 0.388. The maximum Gasteiger partial charge on any atom is 0.159 e. The average molecular weight is 235 g/mol. The maximum absolute atomic E-state index is 5.73. The van der Waals surface area contributed by atoms with E-state index in [1.165, 1.54) is 0 Å². The summed E-state index contributed by atoms with van der Waals surface area (Å²) in [7, 11) is 1.63. The van der Waals surface area contributed by atoms with Gasteiger partial charge in [0, 0.05) is 11.8 Å². The third-order valence-electron chi connectivity index (χ3n) is 2.18. The highest BCUT2D eigenvalue weighted by atomic mass is 35.5. The Labute approximate surface area is 99.1 Å². The van der Waals surface area contributed by atoms with Gasteiger partial charge >= 0.3 is 0 Å². The zero-order valence-corrected chi connectivity index (χ0v) is 9.61. The smallest absolute Gasteiger partial charge is 0.159 e. The van der Waals surface area contributed by atoms with E-state index in [4.69, 9.17) is 16.3 Å².